The van der Waals surface area contributed by atoms with Crippen LogP contribution in [0.15, 0.2) is 46.2 Å². The zero-order valence-electron chi connectivity index (χ0n) is 19.7. The highest BCUT2D eigenvalue weighted by atomic mass is 32.2. The number of methoxy groups -OCH3 is 1. The van der Waals surface area contributed by atoms with Crippen molar-refractivity contribution in [1.29, 1.82) is 0 Å². The third-order valence-electron chi connectivity index (χ3n) is 6.27. The summed E-state index contributed by atoms with van der Waals surface area (Å²) in [6.45, 7) is 2.60. The van der Waals surface area contributed by atoms with Crippen LogP contribution in [0.1, 0.15) is 22.7 Å². The number of benzene rings is 2. The van der Waals surface area contributed by atoms with Crippen LogP contribution in [0.25, 0.3) is 11.1 Å². The Balaban J connectivity index is 1.97. The fourth-order valence-corrected chi connectivity index (χ4v) is 5.92. The summed E-state index contributed by atoms with van der Waals surface area (Å²) in [6, 6.07) is 8.08. The van der Waals surface area contributed by atoms with E-state index in [2.05, 4.69) is 5.92 Å². The Kier molecular flexibility index (Phi) is 7.29. The molecule has 35 heavy (non-hydrogen) atoms. The van der Waals surface area contributed by atoms with E-state index in [-0.39, 0.29) is 40.5 Å². The zero-order valence-corrected chi connectivity index (χ0v) is 20.5. The van der Waals surface area contributed by atoms with Crippen LogP contribution < -0.4 is 10.3 Å². The van der Waals surface area contributed by atoms with E-state index in [1.54, 1.807) is 17.6 Å². The van der Waals surface area contributed by atoms with Crippen LogP contribution in [-0.2, 0) is 6.42 Å². The van der Waals surface area contributed by atoms with Crippen LogP contribution in [0, 0.1) is 36.7 Å². The predicted octanol–water partition coefficient (Wildman–Crippen LogP) is 5.05. The maximum atomic E-state index is 15.3. The highest BCUT2D eigenvalue weighted by molar-refractivity contribution is 7.99. The summed E-state index contributed by atoms with van der Waals surface area (Å²) in [5.74, 6) is 1.18. The number of hydrogen-bond donors (Lipinski definition) is 0. The molecule has 8 heteroatoms. The van der Waals surface area contributed by atoms with Crippen molar-refractivity contribution in [3.63, 3.8) is 0 Å². The molecule has 1 aromatic heterocycles. The highest BCUT2D eigenvalue weighted by Crippen LogP contribution is 2.41. The van der Waals surface area contributed by atoms with Crippen LogP contribution >= 0.6 is 11.8 Å². The van der Waals surface area contributed by atoms with E-state index in [1.165, 1.54) is 49.2 Å². The number of hydrogen-bond acceptors (Lipinski definition) is 4. The molecule has 0 bridgehead atoms. The van der Waals surface area contributed by atoms with Crippen molar-refractivity contribution < 1.29 is 17.9 Å². The van der Waals surface area contributed by atoms with Gasteiger partial charge in [0.2, 0.25) is 0 Å². The average Bonchev–Trinajstić information content (AvgIpc) is 3.23. The summed E-state index contributed by atoms with van der Waals surface area (Å²) in [5, 5.41) is 0.640. The number of pyridine rings is 1. The Morgan fingerprint density at radius 2 is 1.86 bits per heavy atom. The van der Waals surface area contributed by atoms with Gasteiger partial charge in [-0.25, -0.2) is 13.2 Å². The number of halogens is 3. The minimum atomic E-state index is -0.670. The van der Waals surface area contributed by atoms with Gasteiger partial charge >= 0.3 is 0 Å². The van der Waals surface area contributed by atoms with E-state index >= 15 is 4.39 Å². The summed E-state index contributed by atoms with van der Waals surface area (Å²) in [5.41, 5.74) is 0.877. The minimum Gasteiger partial charge on any atom is -0.494 e. The molecule has 4 rings (SSSR count). The third-order valence-corrected chi connectivity index (χ3v) is 7.53. The number of likely N-dealkylation sites (N-methyl/N-ethyl adjacent to an activating group) is 1. The molecule has 0 saturated carbocycles. The van der Waals surface area contributed by atoms with Gasteiger partial charge in [0.15, 0.2) is 11.6 Å². The predicted molar refractivity (Wildman–Crippen MR) is 133 cm³/mol. The van der Waals surface area contributed by atoms with Crippen LogP contribution in [0.4, 0.5) is 13.2 Å². The Bertz CT molecular complexity index is 1360. The first-order chi connectivity index (χ1) is 16.8. The van der Waals surface area contributed by atoms with Crippen molar-refractivity contribution in [3.05, 3.63) is 80.9 Å². The lowest BCUT2D eigenvalue weighted by molar-refractivity contribution is 0.311. The second kappa shape index (κ2) is 10.2. The first-order valence-corrected chi connectivity index (χ1v) is 12.1. The van der Waals surface area contributed by atoms with Crippen molar-refractivity contribution in [3.8, 4) is 29.2 Å². The van der Waals surface area contributed by atoms with Gasteiger partial charge in [-0.1, -0.05) is 24.1 Å². The quantitative estimate of drug-likeness (QED) is 0.427. The monoisotopic (exact) mass is 498 g/mol. The van der Waals surface area contributed by atoms with E-state index in [0.29, 0.717) is 35.0 Å². The van der Waals surface area contributed by atoms with Gasteiger partial charge in [-0.05, 0) is 43.3 Å². The van der Waals surface area contributed by atoms with Crippen molar-refractivity contribution in [1.82, 2.24) is 9.47 Å². The van der Waals surface area contributed by atoms with E-state index in [4.69, 9.17) is 11.2 Å². The molecule has 1 atom stereocenters. The number of terminal acetylenes is 1. The molecule has 0 saturated heterocycles. The number of aromatic nitrogens is 1. The summed E-state index contributed by atoms with van der Waals surface area (Å²) in [7, 11) is 3.21. The number of nitrogens with zero attached hydrogens (tertiary/aromatic N) is 2. The molecule has 1 aliphatic rings. The lowest BCUT2D eigenvalue weighted by atomic mass is 9.94. The first-order valence-electron chi connectivity index (χ1n) is 11.1. The second-order valence-electron chi connectivity index (χ2n) is 8.52. The lowest BCUT2D eigenvalue weighted by Gasteiger charge is -2.23. The molecule has 0 fully saturated rings. The molecule has 1 aliphatic heterocycles. The molecular formula is C27H25F3N2O2S. The molecule has 0 N–H and O–H groups in total. The number of rotatable bonds is 7. The largest absolute Gasteiger partial charge is 0.494 e. The molecule has 4 nitrogen and oxygen atoms in total. The molecule has 0 aliphatic carbocycles. The molecular weight excluding hydrogens is 473 g/mol. The topological polar surface area (TPSA) is 34.5 Å². The SMILES string of the molecule is C#CCN(C)CC1CSc2c(Cc3c(F)cccc3F)c(C)c(-c3cccc(OC)c3F)c(=O)n21. The van der Waals surface area contributed by atoms with Gasteiger partial charge in [-0.2, -0.15) is 0 Å². The van der Waals surface area contributed by atoms with Gasteiger partial charge in [-0.15, -0.1) is 18.2 Å². The minimum absolute atomic E-state index is 0.00757. The molecule has 2 heterocycles. The highest BCUT2D eigenvalue weighted by Gasteiger charge is 2.32. The summed E-state index contributed by atoms with van der Waals surface area (Å²) in [4.78, 5) is 15.8. The number of thioether (sulfide) groups is 1. The maximum Gasteiger partial charge on any atom is 0.260 e. The standard InChI is InChI=1S/C27H25F3N2O2S/c1-5-12-31(3)14-17-15-35-27-19(13-20-21(28)9-7-10-22(20)29)16(2)24(26(33)32(17)27)18-8-6-11-23(34-4)25(18)30/h1,6-11,17H,12-15H2,2-4H3. The Morgan fingerprint density at radius 1 is 1.17 bits per heavy atom. The van der Waals surface area contributed by atoms with Crippen LogP contribution in [0.3, 0.4) is 0 Å². The molecule has 2 aromatic carbocycles. The van der Waals surface area contributed by atoms with Gasteiger partial charge in [0, 0.05) is 29.8 Å². The molecule has 1 unspecified atom stereocenters. The molecule has 0 spiro atoms. The summed E-state index contributed by atoms with van der Waals surface area (Å²) < 4.78 is 51.3. The van der Waals surface area contributed by atoms with Crippen LogP contribution in [0.2, 0.25) is 0 Å². The second-order valence-corrected chi connectivity index (χ2v) is 9.53. The summed E-state index contributed by atoms with van der Waals surface area (Å²) >= 11 is 1.46. The Morgan fingerprint density at radius 3 is 2.51 bits per heavy atom. The normalized spacial score (nSPS) is 14.7. The third kappa shape index (κ3) is 4.58. The zero-order chi connectivity index (χ0) is 25.3. The maximum absolute atomic E-state index is 15.3. The molecule has 3 aromatic rings. The van der Waals surface area contributed by atoms with Gasteiger partial charge in [-0.3, -0.25) is 14.3 Å². The summed E-state index contributed by atoms with van der Waals surface area (Å²) in [6.07, 6.45) is 5.37. The molecule has 0 radical (unpaired) electrons. The average molecular weight is 499 g/mol. The van der Waals surface area contributed by atoms with Gasteiger partial charge < -0.3 is 4.74 Å². The van der Waals surface area contributed by atoms with E-state index in [1.807, 2.05) is 11.9 Å². The van der Waals surface area contributed by atoms with Crippen molar-refractivity contribution in [2.75, 3.05) is 33.0 Å². The number of ether oxygens (including phenoxy) is 1. The van der Waals surface area contributed by atoms with Crippen LogP contribution in [-0.4, -0.2) is 42.5 Å². The van der Waals surface area contributed by atoms with Crippen molar-refractivity contribution >= 4 is 11.8 Å². The first kappa shape index (κ1) is 25.0. The van der Waals surface area contributed by atoms with E-state index in [0.717, 1.165) is 0 Å². The fourth-order valence-electron chi connectivity index (χ4n) is 4.55. The van der Waals surface area contributed by atoms with Gasteiger partial charge in [0.25, 0.3) is 5.56 Å². The molecule has 0 amide bonds. The molecule has 182 valence electrons. The lowest BCUT2D eigenvalue weighted by Crippen LogP contribution is -2.34. The van der Waals surface area contributed by atoms with Gasteiger partial charge in [0.1, 0.15) is 11.6 Å². The Labute approximate surface area is 206 Å². The Hall–Kier alpha value is -3.15. The fraction of sp³-hybridized carbons (Fsp3) is 0.296. The number of fused-ring (bicyclic) bond motifs is 1. The van der Waals surface area contributed by atoms with Gasteiger partial charge in [0.05, 0.1) is 30.3 Å². The van der Waals surface area contributed by atoms with Crippen molar-refractivity contribution in [2.24, 2.45) is 0 Å². The van der Waals surface area contributed by atoms with Crippen LogP contribution in [0.5, 0.6) is 5.75 Å². The van der Waals surface area contributed by atoms with Crippen molar-refractivity contribution in [2.45, 2.75) is 24.4 Å². The van der Waals surface area contributed by atoms with E-state index in [9.17, 15) is 13.6 Å². The smallest absolute Gasteiger partial charge is 0.260 e. The van der Waals surface area contributed by atoms with E-state index < -0.39 is 17.5 Å².